The minimum Gasteiger partial charge on any atom is -0.352 e. The Morgan fingerprint density at radius 3 is 2.62 bits per heavy atom. The fourth-order valence-electron chi connectivity index (χ4n) is 2.46. The van der Waals surface area contributed by atoms with Gasteiger partial charge in [-0.1, -0.05) is 23.2 Å². The first-order valence-corrected chi connectivity index (χ1v) is 8.21. The Balaban J connectivity index is 1.71. The summed E-state index contributed by atoms with van der Waals surface area (Å²) in [4.78, 5) is 19.8. The van der Waals surface area contributed by atoms with Crippen LogP contribution in [0.15, 0.2) is 24.4 Å². The van der Waals surface area contributed by atoms with E-state index < -0.39 is 0 Å². The Bertz CT molecular complexity index is 748. The zero-order chi connectivity index (χ0) is 17.1. The Kier molecular flexibility index (Phi) is 5.01. The zero-order valence-electron chi connectivity index (χ0n) is 13.0. The van der Waals surface area contributed by atoms with Crippen LogP contribution in [0, 0.1) is 0 Å². The lowest BCUT2D eigenvalue weighted by molar-refractivity contribution is -0.129. The summed E-state index contributed by atoms with van der Waals surface area (Å²) in [5.74, 6) is 1.15. The number of nitrogens with one attached hydrogen (secondary N) is 1. The molecular weight excluding hydrogens is 351 g/mol. The van der Waals surface area contributed by atoms with Crippen LogP contribution in [-0.2, 0) is 4.79 Å². The van der Waals surface area contributed by atoms with Gasteiger partial charge < -0.3 is 15.1 Å². The summed E-state index contributed by atoms with van der Waals surface area (Å²) in [5.41, 5.74) is 0.654. The van der Waals surface area contributed by atoms with Crippen LogP contribution in [0.5, 0.6) is 0 Å². The number of halogens is 2. The fraction of sp³-hybridized carbons (Fsp3) is 0.333. The molecule has 1 aliphatic rings. The van der Waals surface area contributed by atoms with Gasteiger partial charge in [-0.3, -0.25) is 4.79 Å². The second-order valence-corrected chi connectivity index (χ2v) is 6.22. The van der Waals surface area contributed by atoms with E-state index >= 15 is 0 Å². The lowest BCUT2D eigenvalue weighted by Crippen LogP contribution is -2.48. The smallest absolute Gasteiger partial charge is 0.249 e. The summed E-state index contributed by atoms with van der Waals surface area (Å²) < 4.78 is 0. The first kappa shape index (κ1) is 16.7. The number of hydrogen-bond donors (Lipinski definition) is 1. The van der Waals surface area contributed by atoms with Crippen LogP contribution in [0.4, 0.5) is 17.5 Å². The lowest BCUT2D eigenvalue weighted by atomic mass is 10.3. The van der Waals surface area contributed by atoms with E-state index in [1.54, 1.807) is 31.3 Å². The molecule has 3 rings (SSSR count). The SMILES string of the molecule is CC(=O)N1CCN(c2cnnc(Nc3ccc(Cl)cc3Cl)n2)CC1. The van der Waals surface area contributed by atoms with Crippen molar-refractivity contribution in [1.82, 2.24) is 20.1 Å². The molecule has 0 unspecified atom stereocenters. The van der Waals surface area contributed by atoms with Crippen molar-refractivity contribution in [2.75, 3.05) is 36.4 Å². The van der Waals surface area contributed by atoms with Gasteiger partial charge >= 0.3 is 0 Å². The predicted molar refractivity (Wildman–Crippen MR) is 94.0 cm³/mol. The molecule has 1 amide bonds. The second kappa shape index (κ2) is 7.19. The lowest BCUT2D eigenvalue weighted by Gasteiger charge is -2.34. The molecule has 9 heteroatoms. The van der Waals surface area contributed by atoms with Gasteiger partial charge in [-0.25, -0.2) is 0 Å². The molecule has 1 aliphatic heterocycles. The maximum Gasteiger partial charge on any atom is 0.249 e. The molecular formula is C15H16Cl2N6O. The third-order valence-electron chi connectivity index (χ3n) is 3.77. The van der Waals surface area contributed by atoms with Gasteiger partial charge in [-0.2, -0.15) is 10.1 Å². The number of aromatic nitrogens is 3. The van der Waals surface area contributed by atoms with Crippen molar-refractivity contribution in [2.45, 2.75) is 6.92 Å². The van der Waals surface area contributed by atoms with E-state index in [0.29, 0.717) is 53.7 Å². The quantitative estimate of drug-likeness (QED) is 0.899. The van der Waals surface area contributed by atoms with Crippen molar-refractivity contribution in [3.63, 3.8) is 0 Å². The van der Waals surface area contributed by atoms with Gasteiger partial charge in [0.25, 0.3) is 0 Å². The van der Waals surface area contributed by atoms with Gasteiger partial charge in [0, 0.05) is 38.1 Å². The maximum absolute atomic E-state index is 11.4. The molecule has 1 fully saturated rings. The summed E-state index contributed by atoms with van der Waals surface area (Å²) >= 11 is 12.0. The third-order valence-corrected chi connectivity index (χ3v) is 4.32. The minimum atomic E-state index is 0.0928. The summed E-state index contributed by atoms with van der Waals surface area (Å²) in [7, 11) is 0. The molecule has 0 bridgehead atoms. The molecule has 24 heavy (non-hydrogen) atoms. The van der Waals surface area contributed by atoms with Crippen molar-refractivity contribution in [1.29, 1.82) is 0 Å². The van der Waals surface area contributed by atoms with Crippen molar-refractivity contribution >= 4 is 46.6 Å². The van der Waals surface area contributed by atoms with E-state index in [9.17, 15) is 4.79 Å². The van der Waals surface area contributed by atoms with E-state index in [0.717, 1.165) is 0 Å². The van der Waals surface area contributed by atoms with Crippen LogP contribution in [0.1, 0.15) is 6.92 Å². The number of hydrogen-bond acceptors (Lipinski definition) is 6. The van der Waals surface area contributed by atoms with E-state index in [2.05, 4.69) is 25.4 Å². The number of rotatable bonds is 3. The van der Waals surface area contributed by atoms with Crippen molar-refractivity contribution in [2.24, 2.45) is 0 Å². The van der Waals surface area contributed by atoms with Gasteiger partial charge in [-0.05, 0) is 18.2 Å². The van der Waals surface area contributed by atoms with Crippen LogP contribution in [0.3, 0.4) is 0 Å². The number of amides is 1. The molecule has 1 aromatic heterocycles. The maximum atomic E-state index is 11.4. The molecule has 126 valence electrons. The highest BCUT2D eigenvalue weighted by molar-refractivity contribution is 6.36. The van der Waals surface area contributed by atoms with Crippen LogP contribution >= 0.6 is 23.2 Å². The zero-order valence-corrected chi connectivity index (χ0v) is 14.5. The number of carbonyl (C=O) groups is 1. The molecule has 0 aliphatic carbocycles. The second-order valence-electron chi connectivity index (χ2n) is 5.38. The number of carbonyl (C=O) groups excluding carboxylic acids is 1. The number of nitrogens with zero attached hydrogens (tertiary/aromatic N) is 5. The highest BCUT2D eigenvalue weighted by Crippen LogP contribution is 2.27. The van der Waals surface area contributed by atoms with Crippen molar-refractivity contribution < 1.29 is 4.79 Å². The molecule has 0 spiro atoms. The average Bonchev–Trinajstić information content (AvgIpc) is 2.58. The van der Waals surface area contributed by atoms with Gasteiger partial charge in [0.15, 0.2) is 5.82 Å². The molecule has 1 saturated heterocycles. The summed E-state index contributed by atoms with van der Waals surface area (Å²) in [6, 6.07) is 5.13. The van der Waals surface area contributed by atoms with E-state index in [1.165, 1.54) is 0 Å². The molecule has 2 aromatic rings. The Morgan fingerprint density at radius 2 is 1.96 bits per heavy atom. The molecule has 1 N–H and O–H groups in total. The normalized spacial score (nSPS) is 14.6. The van der Waals surface area contributed by atoms with Gasteiger partial charge in [-0.15, -0.1) is 5.10 Å². The highest BCUT2D eigenvalue weighted by Gasteiger charge is 2.20. The van der Waals surface area contributed by atoms with Crippen LogP contribution < -0.4 is 10.2 Å². The van der Waals surface area contributed by atoms with Crippen LogP contribution in [0.25, 0.3) is 0 Å². The van der Waals surface area contributed by atoms with E-state index in [4.69, 9.17) is 23.2 Å². The largest absolute Gasteiger partial charge is 0.352 e. The summed E-state index contributed by atoms with van der Waals surface area (Å²) in [6.45, 7) is 4.34. The Labute approximate surface area is 149 Å². The molecule has 0 saturated carbocycles. The van der Waals surface area contributed by atoms with Crippen molar-refractivity contribution in [3.05, 3.63) is 34.4 Å². The summed E-state index contributed by atoms with van der Waals surface area (Å²) in [5, 5.41) is 12.0. The topological polar surface area (TPSA) is 74.2 Å². The minimum absolute atomic E-state index is 0.0928. The third kappa shape index (κ3) is 3.85. The summed E-state index contributed by atoms with van der Waals surface area (Å²) in [6.07, 6.45) is 1.61. The molecule has 7 nitrogen and oxygen atoms in total. The van der Waals surface area contributed by atoms with Gasteiger partial charge in [0.05, 0.1) is 16.9 Å². The van der Waals surface area contributed by atoms with Crippen LogP contribution in [-0.4, -0.2) is 52.2 Å². The van der Waals surface area contributed by atoms with Crippen LogP contribution in [0.2, 0.25) is 10.0 Å². The van der Waals surface area contributed by atoms with E-state index in [1.807, 2.05) is 4.90 Å². The number of anilines is 3. The molecule has 0 radical (unpaired) electrons. The Hall–Kier alpha value is -2.12. The standard InChI is InChI=1S/C15H16Cl2N6O/c1-10(24)22-4-6-23(7-5-22)14-9-18-21-15(20-14)19-13-3-2-11(16)8-12(13)17/h2-3,8-9H,4-7H2,1H3,(H,19,20,21). The first-order valence-electron chi connectivity index (χ1n) is 7.45. The van der Waals surface area contributed by atoms with Gasteiger partial charge in [0.1, 0.15) is 0 Å². The van der Waals surface area contributed by atoms with E-state index in [-0.39, 0.29) is 5.91 Å². The predicted octanol–water partition coefficient (Wildman–Crippen LogP) is 2.59. The molecule has 1 aromatic carbocycles. The van der Waals surface area contributed by atoms with Gasteiger partial charge in [0.2, 0.25) is 11.9 Å². The first-order chi connectivity index (χ1) is 11.5. The average molecular weight is 367 g/mol. The molecule has 2 heterocycles. The Morgan fingerprint density at radius 1 is 1.21 bits per heavy atom. The highest BCUT2D eigenvalue weighted by atomic mass is 35.5. The molecule has 0 atom stereocenters. The fourth-order valence-corrected chi connectivity index (χ4v) is 2.92. The number of piperazine rings is 1. The van der Waals surface area contributed by atoms with Crippen molar-refractivity contribution in [3.8, 4) is 0 Å². The number of benzene rings is 1. The monoisotopic (exact) mass is 366 g/mol.